The minimum atomic E-state index is -0.171. The summed E-state index contributed by atoms with van der Waals surface area (Å²) in [5, 5.41) is 2.69. The van der Waals surface area contributed by atoms with E-state index < -0.39 is 0 Å². The maximum atomic E-state index is 11.7. The largest absolute Gasteiger partial charge is 0.302 e. The summed E-state index contributed by atoms with van der Waals surface area (Å²) < 4.78 is 0. The summed E-state index contributed by atoms with van der Waals surface area (Å²) in [6, 6.07) is 9.78. The molecule has 0 aliphatic heterocycles. The van der Waals surface area contributed by atoms with Crippen molar-refractivity contribution in [1.29, 1.82) is 0 Å². The van der Waals surface area contributed by atoms with Gasteiger partial charge in [0, 0.05) is 12.8 Å². The summed E-state index contributed by atoms with van der Waals surface area (Å²) in [5.41, 5.74) is 6.16. The summed E-state index contributed by atoms with van der Waals surface area (Å²) in [6.45, 7) is 2.16. The quantitative estimate of drug-likeness (QED) is 0.364. The molecule has 0 spiro atoms. The Bertz CT molecular complexity index is 520. The van der Waals surface area contributed by atoms with Crippen LogP contribution in [0.4, 0.5) is 0 Å². The highest BCUT2D eigenvalue weighted by atomic mass is 32.1. The number of aryl methyl sites for hydroxylation is 1. The lowest BCUT2D eigenvalue weighted by Gasteiger charge is -2.10. The van der Waals surface area contributed by atoms with E-state index in [-0.39, 0.29) is 16.9 Å². The number of carbonyl (C=O) groups excluding carboxylic acids is 2. The van der Waals surface area contributed by atoms with Crippen LogP contribution in [-0.2, 0) is 16.0 Å². The number of unbranched alkanes of at least 4 members (excludes halogenated alkanes) is 4. The molecule has 0 aliphatic rings. The number of hydrogen-bond acceptors (Lipinski definition) is 3. The SMILES string of the molecule is CCCCCCCC(=O)NC(=S)NNC(=O)CCc1ccccc1. The van der Waals surface area contributed by atoms with Gasteiger partial charge in [0.25, 0.3) is 0 Å². The first-order valence-corrected chi connectivity index (χ1v) is 8.95. The van der Waals surface area contributed by atoms with Crippen molar-refractivity contribution in [1.82, 2.24) is 16.2 Å². The zero-order valence-electron chi connectivity index (χ0n) is 14.3. The second-order valence-corrected chi connectivity index (χ2v) is 6.11. The Labute approximate surface area is 149 Å². The Morgan fingerprint density at radius 3 is 2.33 bits per heavy atom. The molecule has 0 radical (unpaired) electrons. The third-order valence-electron chi connectivity index (χ3n) is 3.56. The summed E-state index contributed by atoms with van der Waals surface area (Å²) >= 11 is 4.99. The van der Waals surface area contributed by atoms with Crippen molar-refractivity contribution in [2.45, 2.75) is 58.3 Å². The zero-order chi connectivity index (χ0) is 17.6. The Balaban J connectivity index is 2.09. The number of nitrogens with one attached hydrogen (secondary N) is 3. The van der Waals surface area contributed by atoms with E-state index in [1.807, 2.05) is 30.3 Å². The molecule has 0 aliphatic carbocycles. The van der Waals surface area contributed by atoms with Crippen LogP contribution in [0.3, 0.4) is 0 Å². The van der Waals surface area contributed by atoms with Gasteiger partial charge in [0.05, 0.1) is 0 Å². The van der Waals surface area contributed by atoms with E-state index in [4.69, 9.17) is 12.2 Å². The van der Waals surface area contributed by atoms with E-state index in [9.17, 15) is 9.59 Å². The van der Waals surface area contributed by atoms with Crippen LogP contribution in [-0.4, -0.2) is 16.9 Å². The van der Waals surface area contributed by atoms with Gasteiger partial charge in [0.2, 0.25) is 11.8 Å². The molecule has 0 aromatic heterocycles. The highest BCUT2D eigenvalue weighted by Gasteiger charge is 2.06. The fourth-order valence-electron chi connectivity index (χ4n) is 2.20. The van der Waals surface area contributed by atoms with Crippen LogP contribution in [0.2, 0.25) is 0 Å². The van der Waals surface area contributed by atoms with Gasteiger partial charge in [-0.1, -0.05) is 62.9 Å². The van der Waals surface area contributed by atoms with Crippen molar-refractivity contribution in [3.8, 4) is 0 Å². The fraction of sp³-hybridized carbons (Fsp3) is 0.500. The molecule has 132 valence electrons. The minimum Gasteiger partial charge on any atom is -0.302 e. The number of amides is 2. The lowest BCUT2D eigenvalue weighted by atomic mass is 10.1. The Hall–Kier alpha value is -1.95. The van der Waals surface area contributed by atoms with Gasteiger partial charge in [-0.15, -0.1) is 0 Å². The predicted molar refractivity (Wildman–Crippen MR) is 100 cm³/mol. The van der Waals surface area contributed by atoms with E-state index >= 15 is 0 Å². The highest BCUT2D eigenvalue weighted by Crippen LogP contribution is 2.04. The molecule has 0 bridgehead atoms. The number of carbonyl (C=O) groups is 2. The number of hydrazine groups is 1. The third kappa shape index (κ3) is 9.94. The molecule has 2 amide bonds. The van der Waals surface area contributed by atoms with Crippen molar-refractivity contribution < 1.29 is 9.59 Å². The second kappa shape index (κ2) is 12.5. The molecule has 0 saturated heterocycles. The van der Waals surface area contributed by atoms with Crippen molar-refractivity contribution >= 4 is 29.1 Å². The zero-order valence-corrected chi connectivity index (χ0v) is 15.1. The predicted octanol–water partition coefficient (Wildman–Crippen LogP) is 3.00. The fourth-order valence-corrected chi connectivity index (χ4v) is 2.37. The van der Waals surface area contributed by atoms with Crippen molar-refractivity contribution in [2.24, 2.45) is 0 Å². The van der Waals surface area contributed by atoms with Gasteiger partial charge in [0.1, 0.15) is 0 Å². The Kier molecular flexibility index (Phi) is 10.4. The van der Waals surface area contributed by atoms with Crippen LogP contribution in [0, 0.1) is 0 Å². The molecule has 0 saturated carbocycles. The molecular weight excluding hydrogens is 322 g/mol. The van der Waals surface area contributed by atoms with E-state index in [1.165, 1.54) is 12.8 Å². The van der Waals surface area contributed by atoms with Crippen LogP contribution in [0.5, 0.6) is 0 Å². The van der Waals surface area contributed by atoms with Gasteiger partial charge in [0.15, 0.2) is 5.11 Å². The normalized spacial score (nSPS) is 10.0. The van der Waals surface area contributed by atoms with Gasteiger partial charge >= 0.3 is 0 Å². The van der Waals surface area contributed by atoms with E-state index in [1.54, 1.807) is 0 Å². The molecule has 5 nitrogen and oxygen atoms in total. The molecule has 1 aromatic carbocycles. The lowest BCUT2D eigenvalue weighted by molar-refractivity contribution is -0.122. The Morgan fingerprint density at radius 1 is 0.917 bits per heavy atom. The monoisotopic (exact) mass is 349 g/mol. The highest BCUT2D eigenvalue weighted by molar-refractivity contribution is 7.80. The lowest BCUT2D eigenvalue weighted by Crippen LogP contribution is -2.48. The minimum absolute atomic E-state index is 0.123. The smallest absolute Gasteiger partial charge is 0.238 e. The van der Waals surface area contributed by atoms with E-state index in [0.29, 0.717) is 19.3 Å². The first kappa shape index (κ1) is 20.1. The van der Waals surface area contributed by atoms with Crippen LogP contribution in [0.15, 0.2) is 30.3 Å². The molecule has 6 heteroatoms. The average Bonchev–Trinajstić information content (AvgIpc) is 2.59. The maximum Gasteiger partial charge on any atom is 0.238 e. The Morgan fingerprint density at radius 2 is 1.62 bits per heavy atom. The van der Waals surface area contributed by atoms with Gasteiger partial charge in [-0.2, -0.15) is 0 Å². The molecule has 0 fully saturated rings. The number of thiocarbonyl (C=S) groups is 1. The van der Waals surface area contributed by atoms with Crippen molar-refractivity contribution in [3.63, 3.8) is 0 Å². The summed E-state index contributed by atoms with van der Waals surface area (Å²) in [6.07, 6.45) is 6.92. The van der Waals surface area contributed by atoms with Crippen LogP contribution in [0.25, 0.3) is 0 Å². The molecule has 24 heavy (non-hydrogen) atoms. The molecule has 0 atom stereocenters. The van der Waals surface area contributed by atoms with Crippen molar-refractivity contribution in [2.75, 3.05) is 0 Å². The second-order valence-electron chi connectivity index (χ2n) is 5.70. The number of benzene rings is 1. The van der Waals surface area contributed by atoms with E-state index in [0.717, 1.165) is 24.8 Å². The maximum absolute atomic E-state index is 11.7. The third-order valence-corrected chi connectivity index (χ3v) is 3.76. The molecule has 0 unspecified atom stereocenters. The van der Waals surface area contributed by atoms with Gasteiger partial charge in [-0.05, 0) is 30.6 Å². The van der Waals surface area contributed by atoms with Gasteiger partial charge in [-0.3, -0.25) is 20.4 Å². The van der Waals surface area contributed by atoms with E-state index in [2.05, 4.69) is 23.1 Å². The molecule has 1 aromatic rings. The number of hydrogen-bond donors (Lipinski definition) is 3. The van der Waals surface area contributed by atoms with Gasteiger partial charge in [-0.25, -0.2) is 0 Å². The van der Waals surface area contributed by atoms with Crippen LogP contribution >= 0.6 is 12.2 Å². The molecule has 1 rings (SSSR count). The summed E-state index contributed by atoms with van der Waals surface area (Å²) in [4.78, 5) is 23.4. The average molecular weight is 350 g/mol. The molecule has 0 heterocycles. The molecule has 3 N–H and O–H groups in total. The number of rotatable bonds is 9. The van der Waals surface area contributed by atoms with Crippen LogP contribution < -0.4 is 16.2 Å². The standard InChI is InChI=1S/C18H27N3O2S/c1-2-3-4-5-9-12-16(22)19-18(24)21-20-17(23)14-13-15-10-7-6-8-11-15/h6-8,10-11H,2-5,9,12-14H2,1H3,(H,20,23)(H2,19,21,22,24). The van der Waals surface area contributed by atoms with Gasteiger partial charge < -0.3 is 5.32 Å². The topological polar surface area (TPSA) is 70.2 Å². The van der Waals surface area contributed by atoms with Crippen molar-refractivity contribution in [3.05, 3.63) is 35.9 Å². The first-order chi connectivity index (χ1) is 11.6. The molecular formula is C18H27N3O2S. The van der Waals surface area contributed by atoms with Crippen LogP contribution in [0.1, 0.15) is 57.4 Å². The first-order valence-electron chi connectivity index (χ1n) is 8.54. The summed E-state index contributed by atoms with van der Waals surface area (Å²) in [5.74, 6) is -0.294. The summed E-state index contributed by atoms with van der Waals surface area (Å²) in [7, 11) is 0.